The Morgan fingerprint density at radius 1 is 1.42 bits per heavy atom. The first kappa shape index (κ1) is 15.3. The van der Waals surface area contributed by atoms with Crippen LogP contribution in [0, 0.1) is 0 Å². The molecule has 0 bridgehead atoms. The number of carboxylic acid groups (broad SMARTS) is 1. The topological polar surface area (TPSA) is 158 Å². The van der Waals surface area contributed by atoms with E-state index >= 15 is 0 Å². The van der Waals surface area contributed by atoms with Crippen LogP contribution in [0.1, 0.15) is 0 Å². The van der Waals surface area contributed by atoms with Crippen LogP contribution >= 0.6 is 24.2 Å². The van der Waals surface area contributed by atoms with Gasteiger partial charge in [-0.2, -0.15) is 4.98 Å². The van der Waals surface area contributed by atoms with Gasteiger partial charge in [-0.1, -0.05) is 11.8 Å². The van der Waals surface area contributed by atoms with E-state index in [-0.39, 0.29) is 34.7 Å². The number of thioether (sulfide) groups is 1. The van der Waals surface area contributed by atoms with Crippen molar-refractivity contribution in [2.75, 3.05) is 12.3 Å². The van der Waals surface area contributed by atoms with Crippen molar-refractivity contribution < 1.29 is 15.0 Å². The minimum Gasteiger partial charge on any atom is -0.480 e. The fourth-order valence-corrected chi connectivity index (χ4v) is 2.00. The third kappa shape index (κ3) is 3.16. The van der Waals surface area contributed by atoms with E-state index in [0.717, 1.165) is 11.8 Å². The summed E-state index contributed by atoms with van der Waals surface area (Å²) in [4.78, 5) is 34.9. The number of fused-ring (bicyclic) bond motifs is 1. The number of halogens is 1. The molecular weight excluding hydrogens is 298 g/mol. The van der Waals surface area contributed by atoms with Crippen molar-refractivity contribution >= 4 is 47.3 Å². The summed E-state index contributed by atoms with van der Waals surface area (Å²) in [6, 6.07) is 0. The fourth-order valence-electron chi connectivity index (χ4n) is 1.26. The third-order valence-electron chi connectivity index (χ3n) is 2.05. The van der Waals surface area contributed by atoms with Crippen molar-refractivity contribution in [1.82, 2.24) is 19.9 Å². The van der Waals surface area contributed by atoms with Gasteiger partial charge >= 0.3 is 5.97 Å². The van der Waals surface area contributed by atoms with Gasteiger partial charge in [0.05, 0.1) is 6.61 Å². The summed E-state index contributed by atoms with van der Waals surface area (Å²) in [5, 5.41) is 16.8. The van der Waals surface area contributed by atoms with E-state index in [2.05, 4.69) is 19.9 Å². The highest BCUT2D eigenvalue weighted by molar-refractivity contribution is 8.00. The Morgan fingerprint density at radius 2 is 2.11 bits per heavy atom. The second-order valence-corrected chi connectivity index (χ2v) is 4.51. The average molecular weight is 308 g/mol. The van der Waals surface area contributed by atoms with Crippen molar-refractivity contribution in [2.24, 2.45) is 0 Å². The number of H-pyrrole nitrogens is 2. The highest BCUT2D eigenvalue weighted by Crippen LogP contribution is 2.21. The van der Waals surface area contributed by atoms with Crippen LogP contribution in [-0.2, 0) is 4.79 Å². The van der Waals surface area contributed by atoms with Crippen LogP contribution < -0.4 is 11.3 Å². The first-order valence-electron chi connectivity index (χ1n) is 4.77. The monoisotopic (exact) mass is 307 g/mol. The molecule has 9 nitrogen and oxygen atoms in total. The first-order chi connectivity index (χ1) is 8.51. The number of nitrogen functional groups attached to an aromatic ring is 1. The number of nitrogens with one attached hydrogen (secondary N) is 2. The van der Waals surface area contributed by atoms with E-state index in [1.807, 2.05) is 0 Å². The molecule has 1 atom stereocenters. The Morgan fingerprint density at radius 3 is 2.68 bits per heavy atom. The molecule has 0 amide bonds. The summed E-state index contributed by atoms with van der Waals surface area (Å²) in [5.74, 6) is -1.25. The van der Waals surface area contributed by atoms with E-state index in [0.29, 0.717) is 0 Å². The molecule has 0 spiro atoms. The number of aromatic nitrogens is 4. The number of hydrogen-bond acceptors (Lipinski definition) is 7. The molecule has 0 radical (unpaired) electrons. The molecule has 0 aliphatic rings. The quantitative estimate of drug-likeness (QED) is 0.459. The lowest BCUT2D eigenvalue weighted by atomic mass is 10.5. The molecule has 0 aromatic carbocycles. The maximum atomic E-state index is 11.5. The molecule has 0 saturated heterocycles. The molecule has 0 fully saturated rings. The lowest BCUT2D eigenvalue weighted by molar-refractivity contribution is -0.137. The van der Waals surface area contributed by atoms with Gasteiger partial charge in [-0.3, -0.25) is 14.6 Å². The van der Waals surface area contributed by atoms with Crippen LogP contribution in [0.2, 0.25) is 0 Å². The normalized spacial score (nSPS) is 12.1. The number of nitrogens with zero attached hydrogens (tertiary/aromatic N) is 2. The van der Waals surface area contributed by atoms with E-state index in [9.17, 15) is 9.59 Å². The van der Waals surface area contributed by atoms with Gasteiger partial charge in [-0.05, 0) is 0 Å². The van der Waals surface area contributed by atoms with Gasteiger partial charge in [-0.25, -0.2) is 4.98 Å². The largest absolute Gasteiger partial charge is 0.480 e. The lowest BCUT2D eigenvalue weighted by Gasteiger charge is -2.04. The van der Waals surface area contributed by atoms with Crippen LogP contribution in [0.5, 0.6) is 0 Å². The second-order valence-electron chi connectivity index (χ2n) is 3.32. The molecule has 0 aliphatic heterocycles. The van der Waals surface area contributed by atoms with Gasteiger partial charge in [0.1, 0.15) is 5.25 Å². The van der Waals surface area contributed by atoms with E-state index in [1.54, 1.807) is 0 Å². The van der Waals surface area contributed by atoms with Gasteiger partial charge in [0.15, 0.2) is 16.3 Å². The number of carbonyl (C=O) groups is 1. The predicted octanol–water partition coefficient (Wildman–Crippen LogP) is -0.812. The molecule has 19 heavy (non-hydrogen) atoms. The molecular formula is C8H10ClN5O4S. The summed E-state index contributed by atoms with van der Waals surface area (Å²) < 4.78 is 0. The van der Waals surface area contributed by atoms with Crippen molar-refractivity contribution in [3.8, 4) is 0 Å². The summed E-state index contributed by atoms with van der Waals surface area (Å²) in [6.07, 6.45) is 0. The number of nitrogens with two attached hydrogens (primary N) is 1. The lowest BCUT2D eigenvalue weighted by Crippen LogP contribution is -2.20. The molecule has 104 valence electrons. The Balaban J connectivity index is 0.00000180. The van der Waals surface area contributed by atoms with Crippen LogP contribution in [0.25, 0.3) is 11.2 Å². The summed E-state index contributed by atoms with van der Waals surface area (Å²) in [5.41, 5.74) is 5.06. The van der Waals surface area contributed by atoms with E-state index in [4.69, 9.17) is 15.9 Å². The van der Waals surface area contributed by atoms with Crippen molar-refractivity contribution in [3.05, 3.63) is 10.4 Å². The van der Waals surface area contributed by atoms with Crippen LogP contribution in [-0.4, -0.2) is 48.0 Å². The molecule has 2 aromatic rings. The molecule has 2 heterocycles. The maximum Gasteiger partial charge on any atom is 0.319 e. The molecule has 6 N–H and O–H groups in total. The SMILES string of the molecule is Cl.Nc1nc2nc(SC(CO)C(=O)O)[nH]c2c(=O)[nH]1. The van der Waals surface area contributed by atoms with Gasteiger partial charge < -0.3 is 20.9 Å². The van der Waals surface area contributed by atoms with Crippen molar-refractivity contribution in [3.63, 3.8) is 0 Å². The summed E-state index contributed by atoms with van der Waals surface area (Å²) >= 11 is 0.787. The average Bonchev–Trinajstić information content (AvgIpc) is 2.68. The summed E-state index contributed by atoms with van der Waals surface area (Å²) in [6.45, 7) is -0.553. The van der Waals surface area contributed by atoms with Crippen LogP contribution in [0.4, 0.5) is 5.95 Å². The predicted molar refractivity (Wildman–Crippen MR) is 70.5 cm³/mol. The maximum absolute atomic E-state index is 11.5. The highest BCUT2D eigenvalue weighted by Gasteiger charge is 2.20. The van der Waals surface area contributed by atoms with Gasteiger partial charge in [-0.15, -0.1) is 12.4 Å². The standard InChI is InChI=1S/C8H9N5O4S.ClH/c9-7-11-4-3(5(15)13-7)10-8(12-4)18-2(1-14)6(16)17;/h2,14H,1H2,(H,16,17)(H4,9,10,11,12,13,15);1H. The number of aliphatic hydroxyl groups is 1. The van der Waals surface area contributed by atoms with Crippen LogP contribution in [0.3, 0.4) is 0 Å². The van der Waals surface area contributed by atoms with E-state index in [1.165, 1.54) is 0 Å². The van der Waals surface area contributed by atoms with Crippen molar-refractivity contribution in [2.45, 2.75) is 10.4 Å². The number of carboxylic acids is 1. The molecule has 11 heteroatoms. The Bertz CT molecular complexity index is 656. The van der Waals surface area contributed by atoms with Gasteiger partial charge in [0, 0.05) is 0 Å². The number of anilines is 1. The van der Waals surface area contributed by atoms with Crippen LogP contribution in [0.15, 0.2) is 9.95 Å². The highest BCUT2D eigenvalue weighted by atomic mass is 35.5. The number of imidazole rings is 1. The number of rotatable bonds is 4. The molecule has 0 aliphatic carbocycles. The Kier molecular flexibility index (Phi) is 4.75. The number of aromatic amines is 2. The minimum atomic E-state index is -1.18. The molecule has 2 rings (SSSR count). The molecule has 1 unspecified atom stereocenters. The van der Waals surface area contributed by atoms with Crippen molar-refractivity contribution in [1.29, 1.82) is 0 Å². The second kappa shape index (κ2) is 5.91. The smallest absolute Gasteiger partial charge is 0.319 e. The van der Waals surface area contributed by atoms with E-state index < -0.39 is 23.4 Å². The zero-order chi connectivity index (χ0) is 13.3. The number of aliphatic carboxylic acids is 1. The first-order valence-corrected chi connectivity index (χ1v) is 5.65. The summed E-state index contributed by atoms with van der Waals surface area (Å²) in [7, 11) is 0. The van der Waals surface area contributed by atoms with Gasteiger partial charge in [0.25, 0.3) is 5.56 Å². The zero-order valence-corrected chi connectivity index (χ0v) is 10.9. The minimum absolute atomic E-state index is 0. The fraction of sp³-hybridized carbons (Fsp3) is 0.250. The number of aliphatic hydroxyl groups excluding tert-OH is 1. The molecule has 0 saturated carbocycles. The van der Waals surface area contributed by atoms with Gasteiger partial charge in [0.2, 0.25) is 5.95 Å². The Hall–Kier alpha value is -1.78. The number of hydrogen-bond donors (Lipinski definition) is 5. The zero-order valence-electron chi connectivity index (χ0n) is 9.28. The Labute approximate surface area is 116 Å². The third-order valence-corrected chi connectivity index (χ3v) is 3.10. The molecule has 2 aromatic heterocycles.